The lowest BCUT2D eigenvalue weighted by atomic mass is 10.0. The van der Waals surface area contributed by atoms with Crippen LogP contribution in [-0.2, 0) is 11.2 Å². The summed E-state index contributed by atoms with van der Waals surface area (Å²) >= 11 is 1.42. The molecule has 3 aromatic rings. The lowest BCUT2D eigenvalue weighted by molar-refractivity contribution is -0.133. The van der Waals surface area contributed by atoms with Gasteiger partial charge in [0.1, 0.15) is 16.6 Å². The van der Waals surface area contributed by atoms with E-state index in [1.165, 1.54) is 29.0 Å². The zero-order chi connectivity index (χ0) is 17.8. The molecule has 0 saturated heterocycles. The summed E-state index contributed by atoms with van der Waals surface area (Å²) in [6.07, 6.45) is 0.101. The van der Waals surface area contributed by atoms with Crippen LogP contribution in [0.5, 0.6) is 5.75 Å². The Morgan fingerprint density at radius 1 is 1.12 bits per heavy atom. The second-order valence-electron chi connectivity index (χ2n) is 6.03. The van der Waals surface area contributed by atoms with Crippen LogP contribution < -0.4 is 4.74 Å². The molecule has 5 heteroatoms. The number of ether oxygens (including phenoxy) is 1. The van der Waals surface area contributed by atoms with E-state index < -0.39 is 0 Å². The molecule has 0 N–H and O–H groups in total. The van der Waals surface area contributed by atoms with Gasteiger partial charge in [-0.05, 0) is 47.9 Å². The summed E-state index contributed by atoms with van der Waals surface area (Å²) in [7, 11) is 0. The summed E-state index contributed by atoms with van der Waals surface area (Å²) in [5.41, 5.74) is 2.67. The fraction of sp³-hybridized carbons (Fsp3) is 0.200. The standard InChI is InChI=1S/C20H18FNO2S/c1-13(2)14-5-9-18(10-6-14)24-19(23)11-17-12-25-20(22-17)15-3-7-16(21)8-4-15/h3-10,12-13H,11H2,1-2H3. The first kappa shape index (κ1) is 17.3. The van der Waals surface area contributed by atoms with E-state index in [9.17, 15) is 9.18 Å². The molecule has 0 aliphatic carbocycles. The second kappa shape index (κ2) is 7.57. The largest absolute Gasteiger partial charge is 0.426 e. The first-order chi connectivity index (χ1) is 12.0. The van der Waals surface area contributed by atoms with Crippen molar-refractivity contribution in [3.63, 3.8) is 0 Å². The molecular weight excluding hydrogens is 337 g/mol. The highest BCUT2D eigenvalue weighted by Gasteiger charge is 2.11. The summed E-state index contributed by atoms with van der Waals surface area (Å²) in [6, 6.07) is 13.7. The van der Waals surface area contributed by atoms with E-state index in [1.54, 1.807) is 24.3 Å². The minimum atomic E-state index is -0.353. The fourth-order valence-corrected chi connectivity index (χ4v) is 3.18. The van der Waals surface area contributed by atoms with Crippen LogP contribution >= 0.6 is 11.3 Å². The third-order valence-electron chi connectivity index (χ3n) is 3.75. The number of benzene rings is 2. The Kier molecular flexibility index (Phi) is 5.24. The van der Waals surface area contributed by atoms with E-state index in [4.69, 9.17) is 4.74 Å². The van der Waals surface area contributed by atoms with Crippen LogP contribution in [0, 0.1) is 5.82 Å². The normalized spacial score (nSPS) is 10.9. The SMILES string of the molecule is CC(C)c1ccc(OC(=O)Cc2csc(-c3ccc(F)cc3)n2)cc1. The highest BCUT2D eigenvalue weighted by atomic mass is 32.1. The van der Waals surface area contributed by atoms with Crippen LogP contribution in [0.3, 0.4) is 0 Å². The minimum Gasteiger partial charge on any atom is -0.426 e. The van der Waals surface area contributed by atoms with Gasteiger partial charge in [-0.2, -0.15) is 0 Å². The Balaban J connectivity index is 1.62. The Bertz CT molecular complexity index is 854. The molecule has 0 aliphatic rings. The molecule has 0 radical (unpaired) electrons. The van der Waals surface area contributed by atoms with Crippen molar-refractivity contribution in [2.24, 2.45) is 0 Å². The van der Waals surface area contributed by atoms with E-state index >= 15 is 0 Å². The van der Waals surface area contributed by atoms with Gasteiger partial charge in [0, 0.05) is 10.9 Å². The maximum Gasteiger partial charge on any atom is 0.317 e. The van der Waals surface area contributed by atoms with Gasteiger partial charge in [0.25, 0.3) is 0 Å². The van der Waals surface area contributed by atoms with Crippen LogP contribution in [-0.4, -0.2) is 11.0 Å². The van der Waals surface area contributed by atoms with Crippen LogP contribution in [0.2, 0.25) is 0 Å². The van der Waals surface area contributed by atoms with Gasteiger partial charge >= 0.3 is 5.97 Å². The number of aromatic nitrogens is 1. The summed E-state index contributed by atoms with van der Waals surface area (Å²) in [5.74, 6) is 0.328. The number of carbonyl (C=O) groups excluding carboxylic acids is 1. The Labute approximate surface area is 150 Å². The highest BCUT2D eigenvalue weighted by molar-refractivity contribution is 7.13. The van der Waals surface area contributed by atoms with Crippen molar-refractivity contribution in [1.82, 2.24) is 4.98 Å². The van der Waals surface area contributed by atoms with Crippen molar-refractivity contribution in [2.75, 3.05) is 0 Å². The zero-order valence-corrected chi connectivity index (χ0v) is 14.8. The van der Waals surface area contributed by atoms with Crippen molar-refractivity contribution < 1.29 is 13.9 Å². The third kappa shape index (κ3) is 4.51. The molecule has 1 aromatic heterocycles. The molecule has 0 saturated carbocycles. The van der Waals surface area contributed by atoms with Crippen LogP contribution in [0.4, 0.5) is 4.39 Å². The van der Waals surface area contributed by atoms with E-state index in [0.717, 1.165) is 10.6 Å². The van der Waals surface area contributed by atoms with Gasteiger partial charge in [0.15, 0.2) is 0 Å². The average Bonchev–Trinajstić information content (AvgIpc) is 3.04. The molecular formula is C20H18FNO2S. The number of esters is 1. The number of rotatable bonds is 5. The lowest BCUT2D eigenvalue weighted by Crippen LogP contribution is -2.11. The number of thiazole rings is 1. The van der Waals surface area contributed by atoms with E-state index in [2.05, 4.69) is 18.8 Å². The van der Waals surface area contributed by atoms with E-state index in [-0.39, 0.29) is 18.2 Å². The maximum atomic E-state index is 13.0. The van der Waals surface area contributed by atoms with Crippen molar-refractivity contribution in [2.45, 2.75) is 26.2 Å². The van der Waals surface area contributed by atoms with E-state index in [0.29, 0.717) is 17.4 Å². The van der Waals surface area contributed by atoms with Gasteiger partial charge in [0.05, 0.1) is 12.1 Å². The summed E-state index contributed by atoms with van der Waals surface area (Å²) in [5, 5.41) is 2.58. The average molecular weight is 355 g/mol. The molecule has 0 fully saturated rings. The van der Waals surface area contributed by atoms with Crippen LogP contribution in [0.15, 0.2) is 53.9 Å². The summed E-state index contributed by atoms with van der Waals surface area (Å²) < 4.78 is 18.3. The van der Waals surface area contributed by atoms with Crippen LogP contribution in [0.25, 0.3) is 10.6 Å². The van der Waals surface area contributed by atoms with Crippen LogP contribution in [0.1, 0.15) is 31.0 Å². The molecule has 0 spiro atoms. The highest BCUT2D eigenvalue weighted by Crippen LogP contribution is 2.24. The maximum absolute atomic E-state index is 13.0. The van der Waals surface area contributed by atoms with E-state index in [1.807, 2.05) is 17.5 Å². The Hall–Kier alpha value is -2.53. The number of hydrogen-bond acceptors (Lipinski definition) is 4. The van der Waals surface area contributed by atoms with Gasteiger partial charge in [-0.3, -0.25) is 4.79 Å². The zero-order valence-electron chi connectivity index (χ0n) is 14.0. The molecule has 0 unspecified atom stereocenters. The molecule has 128 valence electrons. The molecule has 0 atom stereocenters. The second-order valence-corrected chi connectivity index (χ2v) is 6.88. The number of halogens is 1. The number of nitrogens with zero attached hydrogens (tertiary/aromatic N) is 1. The van der Waals surface area contributed by atoms with Gasteiger partial charge in [0.2, 0.25) is 0 Å². The Morgan fingerprint density at radius 2 is 1.80 bits per heavy atom. The lowest BCUT2D eigenvalue weighted by Gasteiger charge is -2.07. The smallest absolute Gasteiger partial charge is 0.317 e. The first-order valence-corrected chi connectivity index (χ1v) is 8.90. The van der Waals surface area contributed by atoms with Crippen molar-refractivity contribution in [3.8, 4) is 16.3 Å². The number of hydrogen-bond donors (Lipinski definition) is 0. The van der Waals surface area contributed by atoms with Crippen molar-refractivity contribution in [1.29, 1.82) is 0 Å². The third-order valence-corrected chi connectivity index (χ3v) is 4.69. The van der Waals surface area contributed by atoms with Gasteiger partial charge in [-0.15, -0.1) is 11.3 Å². The van der Waals surface area contributed by atoms with Crippen molar-refractivity contribution in [3.05, 3.63) is 71.0 Å². The summed E-state index contributed by atoms with van der Waals surface area (Å²) in [4.78, 5) is 16.5. The van der Waals surface area contributed by atoms with Gasteiger partial charge in [-0.25, -0.2) is 9.37 Å². The molecule has 1 heterocycles. The molecule has 0 bridgehead atoms. The topological polar surface area (TPSA) is 39.2 Å². The number of carbonyl (C=O) groups is 1. The molecule has 25 heavy (non-hydrogen) atoms. The van der Waals surface area contributed by atoms with Crippen molar-refractivity contribution >= 4 is 17.3 Å². The fourth-order valence-electron chi connectivity index (χ4n) is 2.35. The predicted molar refractivity (Wildman–Crippen MR) is 97.4 cm³/mol. The monoisotopic (exact) mass is 355 g/mol. The Morgan fingerprint density at radius 3 is 2.44 bits per heavy atom. The first-order valence-electron chi connectivity index (χ1n) is 8.02. The molecule has 3 nitrogen and oxygen atoms in total. The molecule has 3 rings (SSSR count). The van der Waals surface area contributed by atoms with Gasteiger partial charge < -0.3 is 4.74 Å². The quantitative estimate of drug-likeness (QED) is 0.465. The summed E-state index contributed by atoms with van der Waals surface area (Å²) in [6.45, 7) is 4.23. The molecule has 0 aliphatic heterocycles. The van der Waals surface area contributed by atoms with Gasteiger partial charge in [-0.1, -0.05) is 26.0 Å². The minimum absolute atomic E-state index is 0.101. The molecule has 2 aromatic carbocycles. The predicted octanol–water partition coefficient (Wildman–Crippen LogP) is 5.22. The molecule has 0 amide bonds.